The van der Waals surface area contributed by atoms with Crippen molar-refractivity contribution in [2.75, 3.05) is 19.6 Å². The molecule has 178 valence electrons. The van der Waals surface area contributed by atoms with Crippen LogP contribution < -0.4 is 5.32 Å². The number of para-hydroxylation sites is 1. The van der Waals surface area contributed by atoms with Gasteiger partial charge in [0.05, 0.1) is 18.0 Å². The average Bonchev–Trinajstić information content (AvgIpc) is 3.60. The first-order chi connectivity index (χ1) is 17.3. The smallest absolute Gasteiger partial charge is 0.244 e. The minimum atomic E-state index is -0.150. The number of nitrogens with zero attached hydrogens (tertiary/aromatic N) is 4. The molecule has 3 aromatic heterocycles. The molecule has 0 saturated carbocycles. The van der Waals surface area contributed by atoms with Crippen molar-refractivity contribution >= 4 is 12.0 Å². The molecule has 1 saturated heterocycles. The molecule has 0 aliphatic carbocycles. The van der Waals surface area contributed by atoms with Gasteiger partial charge in [-0.15, -0.1) is 0 Å². The Morgan fingerprint density at radius 1 is 1.06 bits per heavy atom. The predicted octanol–water partition coefficient (Wildman–Crippen LogP) is 4.88. The lowest BCUT2D eigenvalue weighted by Crippen LogP contribution is -2.40. The maximum atomic E-state index is 12.8. The Morgan fingerprint density at radius 3 is 2.66 bits per heavy atom. The monoisotopic (exact) mass is 467 g/mol. The molecule has 1 aliphatic heterocycles. The number of rotatable bonds is 8. The summed E-state index contributed by atoms with van der Waals surface area (Å²) in [6.07, 6.45) is 14.1. The van der Waals surface area contributed by atoms with Crippen molar-refractivity contribution in [1.82, 2.24) is 25.0 Å². The SMILES string of the molecule is O=C(/C=C\c1cn(-c2ccccc2)nc1-c1cccnc1)NC[C@@H](c1ccco1)N1CCCCC1. The van der Waals surface area contributed by atoms with Crippen molar-refractivity contribution in [1.29, 1.82) is 0 Å². The number of pyridine rings is 1. The molecule has 1 aliphatic rings. The zero-order chi connectivity index (χ0) is 23.9. The van der Waals surface area contributed by atoms with Gasteiger partial charge in [0.25, 0.3) is 0 Å². The number of benzene rings is 1. The molecule has 1 aromatic carbocycles. The van der Waals surface area contributed by atoms with E-state index in [2.05, 4.69) is 15.2 Å². The molecular formula is C28H29N5O2. The lowest BCUT2D eigenvalue weighted by Gasteiger charge is -2.33. The van der Waals surface area contributed by atoms with Crippen LogP contribution in [0.15, 0.2) is 89.9 Å². The van der Waals surface area contributed by atoms with Crippen LogP contribution in [0.1, 0.15) is 36.6 Å². The zero-order valence-electron chi connectivity index (χ0n) is 19.6. The maximum absolute atomic E-state index is 12.8. The van der Waals surface area contributed by atoms with E-state index < -0.39 is 0 Å². The number of carbonyl (C=O) groups is 1. The summed E-state index contributed by atoms with van der Waals surface area (Å²) in [7, 11) is 0. The fourth-order valence-corrected chi connectivity index (χ4v) is 4.49. The summed E-state index contributed by atoms with van der Waals surface area (Å²) in [6, 6.07) is 17.7. The lowest BCUT2D eigenvalue weighted by molar-refractivity contribution is -0.116. The summed E-state index contributed by atoms with van der Waals surface area (Å²) in [5, 5.41) is 7.84. The van der Waals surface area contributed by atoms with Gasteiger partial charge in [0.2, 0.25) is 5.91 Å². The van der Waals surface area contributed by atoms with Crippen molar-refractivity contribution in [3.05, 3.63) is 96.9 Å². The van der Waals surface area contributed by atoms with Crippen molar-refractivity contribution in [3.63, 3.8) is 0 Å². The highest BCUT2D eigenvalue weighted by Gasteiger charge is 2.24. The van der Waals surface area contributed by atoms with Gasteiger partial charge in [-0.05, 0) is 68.4 Å². The molecule has 1 N–H and O–H groups in total. The molecule has 0 unspecified atom stereocenters. The summed E-state index contributed by atoms with van der Waals surface area (Å²) in [6.45, 7) is 2.53. The number of hydrogen-bond donors (Lipinski definition) is 1. The quantitative estimate of drug-likeness (QED) is 0.374. The molecule has 4 aromatic rings. The third-order valence-electron chi connectivity index (χ3n) is 6.29. The molecule has 5 rings (SSSR count). The van der Waals surface area contributed by atoms with Crippen LogP contribution in [0, 0.1) is 0 Å². The second-order valence-electron chi connectivity index (χ2n) is 8.66. The summed E-state index contributed by atoms with van der Waals surface area (Å²) in [5.74, 6) is 0.738. The summed E-state index contributed by atoms with van der Waals surface area (Å²) in [5.41, 5.74) is 3.46. The van der Waals surface area contributed by atoms with Crippen LogP contribution in [0.4, 0.5) is 0 Å². The van der Waals surface area contributed by atoms with E-state index in [0.29, 0.717) is 6.54 Å². The number of furan rings is 1. The van der Waals surface area contributed by atoms with Gasteiger partial charge in [0.1, 0.15) is 11.5 Å². The number of hydrogen-bond acceptors (Lipinski definition) is 5. The van der Waals surface area contributed by atoms with Gasteiger partial charge < -0.3 is 9.73 Å². The number of piperidine rings is 1. The van der Waals surface area contributed by atoms with Crippen LogP contribution >= 0.6 is 0 Å². The third-order valence-corrected chi connectivity index (χ3v) is 6.29. The van der Waals surface area contributed by atoms with Gasteiger partial charge in [-0.2, -0.15) is 5.10 Å². The summed E-state index contributed by atoms with van der Waals surface area (Å²) in [4.78, 5) is 19.4. The van der Waals surface area contributed by atoms with Gasteiger partial charge in [0.15, 0.2) is 0 Å². The van der Waals surface area contributed by atoms with Gasteiger partial charge in [0, 0.05) is 42.3 Å². The Balaban J connectivity index is 1.33. The van der Waals surface area contributed by atoms with Crippen molar-refractivity contribution in [2.24, 2.45) is 0 Å². The largest absolute Gasteiger partial charge is 0.468 e. The zero-order valence-corrected chi connectivity index (χ0v) is 19.6. The van der Waals surface area contributed by atoms with Crippen molar-refractivity contribution in [3.8, 4) is 16.9 Å². The summed E-state index contributed by atoms with van der Waals surface area (Å²) >= 11 is 0. The molecule has 4 heterocycles. The Bertz CT molecular complexity index is 1240. The predicted molar refractivity (Wildman–Crippen MR) is 136 cm³/mol. The topological polar surface area (TPSA) is 76.2 Å². The van der Waals surface area contributed by atoms with E-state index in [4.69, 9.17) is 9.52 Å². The summed E-state index contributed by atoms with van der Waals surface area (Å²) < 4.78 is 7.51. The lowest BCUT2D eigenvalue weighted by atomic mass is 10.1. The first-order valence-corrected chi connectivity index (χ1v) is 12.1. The first-order valence-electron chi connectivity index (χ1n) is 12.1. The van der Waals surface area contributed by atoms with E-state index in [1.165, 1.54) is 19.3 Å². The van der Waals surface area contributed by atoms with E-state index in [-0.39, 0.29) is 11.9 Å². The second kappa shape index (κ2) is 11.0. The highest BCUT2D eigenvalue weighted by molar-refractivity contribution is 5.92. The van der Waals surface area contributed by atoms with E-state index in [1.807, 2.05) is 71.6 Å². The van der Waals surface area contributed by atoms with E-state index in [9.17, 15) is 4.79 Å². The minimum Gasteiger partial charge on any atom is -0.468 e. The second-order valence-corrected chi connectivity index (χ2v) is 8.66. The van der Waals surface area contributed by atoms with Crippen LogP contribution in [-0.2, 0) is 4.79 Å². The average molecular weight is 468 g/mol. The van der Waals surface area contributed by atoms with Gasteiger partial charge >= 0.3 is 0 Å². The van der Waals surface area contributed by atoms with Crippen molar-refractivity contribution in [2.45, 2.75) is 25.3 Å². The molecule has 0 radical (unpaired) electrons. The number of amides is 1. The molecule has 1 amide bonds. The maximum Gasteiger partial charge on any atom is 0.244 e. The molecule has 0 spiro atoms. The number of likely N-dealkylation sites (tertiary alicyclic amines) is 1. The standard InChI is InChI=1S/C28H29N5O2/c34-27(30-20-25(26-12-8-18-35-26)32-16-5-2-6-17-32)14-13-23-21-33(24-10-3-1-4-11-24)31-28(23)22-9-7-15-29-19-22/h1,3-4,7-15,18-19,21,25H,2,5-6,16-17,20H2,(H,30,34)/b14-13-/t25-/m0/s1. The van der Waals surface area contributed by atoms with E-state index in [1.54, 1.807) is 24.7 Å². The fraction of sp³-hybridized carbons (Fsp3) is 0.250. The molecule has 7 nitrogen and oxygen atoms in total. The molecule has 35 heavy (non-hydrogen) atoms. The minimum absolute atomic E-state index is 0.0365. The highest BCUT2D eigenvalue weighted by atomic mass is 16.3. The van der Waals surface area contributed by atoms with E-state index in [0.717, 1.165) is 41.4 Å². The van der Waals surface area contributed by atoms with Crippen LogP contribution in [0.25, 0.3) is 23.0 Å². The molecule has 1 fully saturated rings. The molecule has 1 atom stereocenters. The Hall–Kier alpha value is -3.97. The molecule has 0 bridgehead atoms. The van der Waals surface area contributed by atoms with Crippen LogP contribution in [0.2, 0.25) is 0 Å². The van der Waals surface area contributed by atoms with Gasteiger partial charge in [-0.25, -0.2) is 4.68 Å². The Labute approximate surface area is 205 Å². The number of aromatic nitrogens is 3. The number of carbonyl (C=O) groups excluding carboxylic acids is 1. The van der Waals surface area contributed by atoms with Gasteiger partial charge in [-0.3, -0.25) is 14.7 Å². The third kappa shape index (κ3) is 5.58. The molecular weight excluding hydrogens is 438 g/mol. The normalized spacial score (nSPS) is 15.3. The van der Waals surface area contributed by atoms with Gasteiger partial charge in [-0.1, -0.05) is 24.6 Å². The first kappa shape index (κ1) is 22.8. The van der Waals surface area contributed by atoms with Crippen LogP contribution in [0.3, 0.4) is 0 Å². The van der Waals surface area contributed by atoms with E-state index >= 15 is 0 Å². The Kier molecular flexibility index (Phi) is 7.15. The molecule has 7 heteroatoms. The number of nitrogens with one attached hydrogen (secondary N) is 1. The fourth-order valence-electron chi connectivity index (χ4n) is 4.49. The van der Waals surface area contributed by atoms with Crippen molar-refractivity contribution < 1.29 is 9.21 Å². The Morgan fingerprint density at radius 2 is 1.91 bits per heavy atom. The van der Waals surface area contributed by atoms with Crippen LogP contribution in [-0.4, -0.2) is 45.2 Å². The highest BCUT2D eigenvalue weighted by Crippen LogP contribution is 2.26. The van der Waals surface area contributed by atoms with Crippen LogP contribution in [0.5, 0.6) is 0 Å².